The molecule has 1 fully saturated rings. The molecule has 0 bridgehead atoms. The Bertz CT molecular complexity index is 1010. The minimum atomic E-state index is -0.0912. The number of nitrogens with one attached hydrogen (secondary N) is 3. The molecule has 9 heteroatoms. The highest BCUT2D eigenvalue weighted by atomic mass is 16.2. The van der Waals surface area contributed by atoms with Crippen molar-refractivity contribution >= 4 is 17.5 Å². The predicted molar refractivity (Wildman–Crippen MR) is 116 cm³/mol. The third kappa shape index (κ3) is 5.52. The van der Waals surface area contributed by atoms with Gasteiger partial charge in [0.15, 0.2) is 0 Å². The molecule has 1 saturated heterocycles. The summed E-state index contributed by atoms with van der Waals surface area (Å²) in [4.78, 5) is 27.2. The number of likely N-dealkylation sites (tertiary alicyclic amines) is 1. The van der Waals surface area contributed by atoms with Gasteiger partial charge >= 0.3 is 0 Å². The monoisotopic (exact) mass is 419 g/mol. The van der Waals surface area contributed by atoms with Gasteiger partial charge in [-0.05, 0) is 48.9 Å². The molecule has 1 aromatic heterocycles. The van der Waals surface area contributed by atoms with Crippen LogP contribution >= 0.6 is 0 Å². The Labute approximate surface area is 180 Å². The largest absolute Gasteiger partial charge is 0.350 e. The molecule has 0 aliphatic carbocycles. The number of nitrogens with zero attached hydrogens (tertiary/aromatic N) is 4. The second-order valence-electron chi connectivity index (χ2n) is 7.56. The van der Waals surface area contributed by atoms with E-state index in [0.29, 0.717) is 23.6 Å². The average molecular weight is 419 g/mol. The van der Waals surface area contributed by atoms with Crippen LogP contribution in [-0.2, 0) is 4.79 Å². The lowest BCUT2D eigenvalue weighted by molar-refractivity contribution is -0.118. The van der Waals surface area contributed by atoms with E-state index in [1.165, 1.54) is 0 Å². The van der Waals surface area contributed by atoms with E-state index in [9.17, 15) is 9.59 Å². The van der Waals surface area contributed by atoms with Crippen molar-refractivity contribution in [3.8, 4) is 11.4 Å². The number of hydrogen-bond acceptors (Lipinski definition) is 6. The van der Waals surface area contributed by atoms with Gasteiger partial charge in [0, 0.05) is 29.4 Å². The molecular weight excluding hydrogens is 394 g/mol. The first kappa shape index (κ1) is 20.7. The van der Waals surface area contributed by atoms with E-state index in [1.54, 1.807) is 12.1 Å². The summed E-state index contributed by atoms with van der Waals surface area (Å²) < 4.78 is 0. The second kappa shape index (κ2) is 9.94. The highest BCUT2D eigenvalue weighted by Crippen LogP contribution is 2.19. The van der Waals surface area contributed by atoms with Crippen LogP contribution in [0.2, 0.25) is 0 Å². The van der Waals surface area contributed by atoms with Crippen molar-refractivity contribution in [3.63, 3.8) is 0 Å². The van der Waals surface area contributed by atoms with Crippen LogP contribution < -0.4 is 10.6 Å². The summed E-state index contributed by atoms with van der Waals surface area (Å²) in [6.45, 7) is 1.63. The Hall–Kier alpha value is -3.59. The minimum Gasteiger partial charge on any atom is -0.350 e. The zero-order valence-corrected chi connectivity index (χ0v) is 17.1. The van der Waals surface area contributed by atoms with Crippen molar-refractivity contribution in [1.29, 1.82) is 0 Å². The molecule has 2 amide bonds. The van der Waals surface area contributed by atoms with Gasteiger partial charge in [-0.15, -0.1) is 10.2 Å². The number of piperidine rings is 1. The van der Waals surface area contributed by atoms with Gasteiger partial charge in [0.25, 0.3) is 5.91 Å². The van der Waals surface area contributed by atoms with Crippen LogP contribution in [0.3, 0.4) is 0 Å². The molecule has 160 valence electrons. The summed E-state index contributed by atoms with van der Waals surface area (Å²) in [6, 6.07) is 16.6. The summed E-state index contributed by atoms with van der Waals surface area (Å²) in [6.07, 6.45) is 3.09. The van der Waals surface area contributed by atoms with Crippen LogP contribution in [0.1, 0.15) is 29.6 Å². The Kier molecular flexibility index (Phi) is 6.63. The fourth-order valence-electron chi connectivity index (χ4n) is 3.81. The zero-order valence-electron chi connectivity index (χ0n) is 17.1. The van der Waals surface area contributed by atoms with Crippen molar-refractivity contribution in [1.82, 2.24) is 30.8 Å². The van der Waals surface area contributed by atoms with Crippen LogP contribution in [0, 0.1) is 0 Å². The molecule has 2 heterocycles. The van der Waals surface area contributed by atoms with Gasteiger partial charge in [-0.25, -0.2) is 0 Å². The minimum absolute atomic E-state index is 0.0890. The maximum Gasteiger partial charge on any atom is 0.251 e. The molecule has 1 atom stereocenters. The van der Waals surface area contributed by atoms with Gasteiger partial charge in [0.1, 0.15) is 0 Å². The molecule has 1 unspecified atom stereocenters. The van der Waals surface area contributed by atoms with E-state index in [4.69, 9.17) is 0 Å². The smallest absolute Gasteiger partial charge is 0.251 e. The fourth-order valence-corrected chi connectivity index (χ4v) is 3.81. The molecule has 2 aromatic carbocycles. The van der Waals surface area contributed by atoms with Crippen molar-refractivity contribution < 1.29 is 9.59 Å². The standard InChI is InChI=1S/C22H25N7O2/c30-20(24-18-10-6-9-17(13-18)21-25-27-28-26-21)15-29-12-5-4-11-19(29)14-23-22(31)16-7-2-1-3-8-16/h1-3,6-10,13,19H,4-5,11-12,14-15H2,(H,23,31)(H,24,30)(H,25,26,27,28). The first-order valence-electron chi connectivity index (χ1n) is 10.4. The quantitative estimate of drug-likeness (QED) is 0.540. The highest BCUT2D eigenvalue weighted by Gasteiger charge is 2.25. The molecule has 3 N–H and O–H groups in total. The van der Waals surface area contributed by atoms with Gasteiger partial charge in [0.05, 0.1) is 6.54 Å². The lowest BCUT2D eigenvalue weighted by Crippen LogP contribution is -2.49. The number of carbonyl (C=O) groups is 2. The van der Waals surface area contributed by atoms with Crippen LogP contribution in [-0.4, -0.2) is 63.0 Å². The second-order valence-corrected chi connectivity index (χ2v) is 7.56. The Morgan fingerprint density at radius 1 is 1.10 bits per heavy atom. The molecule has 31 heavy (non-hydrogen) atoms. The Morgan fingerprint density at radius 3 is 2.77 bits per heavy atom. The fraction of sp³-hybridized carbons (Fsp3) is 0.318. The highest BCUT2D eigenvalue weighted by molar-refractivity contribution is 5.94. The topological polar surface area (TPSA) is 116 Å². The number of hydrogen-bond donors (Lipinski definition) is 3. The molecule has 0 spiro atoms. The zero-order chi connectivity index (χ0) is 21.5. The first-order chi connectivity index (χ1) is 15.2. The normalized spacial score (nSPS) is 16.6. The van der Waals surface area contributed by atoms with E-state index >= 15 is 0 Å². The maximum atomic E-state index is 12.7. The van der Waals surface area contributed by atoms with Gasteiger partial charge in [-0.1, -0.05) is 36.8 Å². The molecule has 9 nitrogen and oxygen atoms in total. The number of benzene rings is 2. The number of amides is 2. The maximum absolute atomic E-state index is 12.7. The SMILES string of the molecule is O=C(CN1CCCCC1CNC(=O)c1ccccc1)Nc1cccc(-c2nn[nH]n2)c1. The van der Waals surface area contributed by atoms with E-state index in [-0.39, 0.29) is 24.4 Å². The number of tetrazole rings is 1. The first-order valence-corrected chi connectivity index (χ1v) is 10.4. The van der Waals surface area contributed by atoms with E-state index in [0.717, 1.165) is 31.4 Å². The molecular formula is C22H25N7O2. The van der Waals surface area contributed by atoms with Crippen molar-refractivity contribution in [2.75, 3.05) is 25.0 Å². The average Bonchev–Trinajstić information content (AvgIpc) is 3.34. The number of carbonyl (C=O) groups excluding carboxylic acids is 2. The van der Waals surface area contributed by atoms with E-state index < -0.39 is 0 Å². The third-order valence-electron chi connectivity index (χ3n) is 5.38. The Balaban J connectivity index is 1.33. The summed E-state index contributed by atoms with van der Waals surface area (Å²) in [5, 5.41) is 19.9. The Morgan fingerprint density at radius 2 is 1.97 bits per heavy atom. The molecule has 1 aliphatic heterocycles. The van der Waals surface area contributed by atoms with Crippen LogP contribution in [0.15, 0.2) is 54.6 Å². The summed E-state index contributed by atoms with van der Waals surface area (Å²) in [5.41, 5.74) is 2.09. The number of aromatic nitrogens is 4. The number of aromatic amines is 1. The van der Waals surface area contributed by atoms with Crippen LogP contribution in [0.25, 0.3) is 11.4 Å². The number of H-pyrrole nitrogens is 1. The molecule has 3 aromatic rings. The molecule has 1 aliphatic rings. The predicted octanol–water partition coefficient (Wildman–Crippen LogP) is 2.09. The van der Waals surface area contributed by atoms with Crippen LogP contribution in [0.4, 0.5) is 5.69 Å². The number of anilines is 1. The van der Waals surface area contributed by atoms with Gasteiger partial charge < -0.3 is 10.6 Å². The van der Waals surface area contributed by atoms with Crippen molar-refractivity contribution in [3.05, 3.63) is 60.2 Å². The van der Waals surface area contributed by atoms with Gasteiger partial charge in [-0.3, -0.25) is 14.5 Å². The molecule has 0 radical (unpaired) electrons. The van der Waals surface area contributed by atoms with Gasteiger partial charge in [-0.2, -0.15) is 5.21 Å². The van der Waals surface area contributed by atoms with E-state index in [1.807, 2.05) is 42.5 Å². The molecule has 4 rings (SSSR count). The van der Waals surface area contributed by atoms with Crippen molar-refractivity contribution in [2.45, 2.75) is 25.3 Å². The van der Waals surface area contributed by atoms with Crippen LogP contribution in [0.5, 0.6) is 0 Å². The molecule has 0 saturated carbocycles. The summed E-state index contributed by atoms with van der Waals surface area (Å²) >= 11 is 0. The third-order valence-corrected chi connectivity index (χ3v) is 5.38. The lowest BCUT2D eigenvalue weighted by Gasteiger charge is -2.35. The van der Waals surface area contributed by atoms with E-state index in [2.05, 4.69) is 36.2 Å². The van der Waals surface area contributed by atoms with Crippen molar-refractivity contribution in [2.24, 2.45) is 0 Å². The number of rotatable bonds is 7. The summed E-state index contributed by atoms with van der Waals surface area (Å²) in [5.74, 6) is 0.293. The van der Waals surface area contributed by atoms with Gasteiger partial charge in [0.2, 0.25) is 11.7 Å². The lowest BCUT2D eigenvalue weighted by atomic mass is 10.0. The summed E-state index contributed by atoms with van der Waals surface area (Å²) in [7, 11) is 0.